The van der Waals surface area contributed by atoms with E-state index in [1.807, 2.05) is 24.3 Å². The molecular formula is C19H25N3O2S. The number of carbonyl (C=O) groups is 1. The molecule has 2 fully saturated rings. The lowest BCUT2D eigenvalue weighted by Gasteiger charge is -2.42. The van der Waals surface area contributed by atoms with Crippen LogP contribution in [0, 0.1) is 0 Å². The van der Waals surface area contributed by atoms with Crippen LogP contribution in [-0.4, -0.2) is 53.1 Å². The van der Waals surface area contributed by atoms with Crippen LogP contribution in [0.2, 0.25) is 0 Å². The molecule has 0 saturated carbocycles. The van der Waals surface area contributed by atoms with Crippen LogP contribution < -0.4 is 5.32 Å². The number of carbonyl (C=O) groups excluding carboxylic acids is 1. The van der Waals surface area contributed by atoms with Crippen LogP contribution in [0.25, 0.3) is 11.1 Å². The summed E-state index contributed by atoms with van der Waals surface area (Å²) in [6.45, 7) is 3.20. The van der Waals surface area contributed by atoms with E-state index in [9.17, 15) is 4.79 Å². The molecule has 0 spiro atoms. The third-order valence-corrected chi connectivity index (χ3v) is 6.16. The SMILES string of the molecule is O=C(CSc1nc2ccccc2o1)C1CCCCN1C1CCNCC1. The van der Waals surface area contributed by atoms with Gasteiger partial charge in [-0.3, -0.25) is 9.69 Å². The van der Waals surface area contributed by atoms with Crippen molar-refractivity contribution in [3.05, 3.63) is 24.3 Å². The number of hydrogen-bond acceptors (Lipinski definition) is 6. The zero-order chi connectivity index (χ0) is 17.1. The van der Waals surface area contributed by atoms with Crippen LogP contribution >= 0.6 is 11.8 Å². The van der Waals surface area contributed by atoms with Crippen LogP contribution in [0.3, 0.4) is 0 Å². The molecule has 1 N–H and O–H groups in total. The van der Waals surface area contributed by atoms with Gasteiger partial charge in [-0.05, 0) is 57.5 Å². The molecule has 25 heavy (non-hydrogen) atoms. The van der Waals surface area contributed by atoms with E-state index in [-0.39, 0.29) is 6.04 Å². The monoisotopic (exact) mass is 359 g/mol. The number of nitrogens with zero attached hydrogens (tertiary/aromatic N) is 2. The third-order valence-electron chi connectivity index (χ3n) is 5.31. The molecule has 3 heterocycles. The first-order valence-corrected chi connectivity index (χ1v) is 10.3. The van der Waals surface area contributed by atoms with E-state index in [2.05, 4.69) is 15.2 Å². The molecule has 1 aromatic carbocycles. The van der Waals surface area contributed by atoms with Crippen molar-refractivity contribution in [3.8, 4) is 0 Å². The fourth-order valence-electron chi connectivity index (χ4n) is 4.02. The zero-order valence-electron chi connectivity index (χ0n) is 14.4. The van der Waals surface area contributed by atoms with Crippen molar-refractivity contribution < 1.29 is 9.21 Å². The molecule has 1 atom stereocenters. The van der Waals surface area contributed by atoms with Crippen molar-refractivity contribution in [1.29, 1.82) is 0 Å². The number of fused-ring (bicyclic) bond motifs is 1. The Balaban J connectivity index is 1.39. The number of thioether (sulfide) groups is 1. The summed E-state index contributed by atoms with van der Waals surface area (Å²) >= 11 is 1.43. The van der Waals surface area contributed by atoms with Gasteiger partial charge in [0.1, 0.15) is 5.52 Å². The molecular weight excluding hydrogens is 334 g/mol. The van der Waals surface area contributed by atoms with Crippen LogP contribution in [0.5, 0.6) is 0 Å². The van der Waals surface area contributed by atoms with Gasteiger partial charge in [0, 0.05) is 6.04 Å². The average molecular weight is 359 g/mol. The van der Waals surface area contributed by atoms with E-state index in [1.165, 1.54) is 18.2 Å². The summed E-state index contributed by atoms with van der Waals surface area (Å²) in [5.41, 5.74) is 1.64. The molecule has 2 aliphatic rings. The second kappa shape index (κ2) is 7.89. The summed E-state index contributed by atoms with van der Waals surface area (Å²) in [6, 6.07) is 8.37. The van der Waals surface area contributed by atoms with E-state index in [0.29, 0.717) is 22.8 Å². The largest absolute Gasteiger partial charge is 0.431 e. The first kappa shape index (κ1) is 17.1. The summed E-state index contributed by atoms with van der Waals surface area (Å²) in [5, 5.41) is 4.02. The first-order chi connectivity index (χ1) is 12.3. The van der Waals surface area contributed by atoms with E-state index < -0.39 is 0 Å². The number of piperidine rings is 2. The quantitative estimate of drug-likeness (QED) is 0.828. The molecule has 4 rings (SSSR count). The predicted molar refractivity (Wildman–Crippen MR) is 100.0 cm³/mol. The van der Waals surface area contributed by atoms with Gasteiger partial charge >= 0.3 is 0 Å². The van der Waals surface area contributed by atoms with Crippen molar-refractivity contribution in [2.75, 3.05) is 25.4 Å². The van der Waals surface area contributed by atoms with Crippen molar-refractivity contribution in [2.45, 2.75) is 49.4 Å². The highest BCUT2D eigenvalue weighted by atomic mass is 32.2. The van der Waals surface area contributed by atoms with Crippen LogP contribution in [0.1, 0.15) is 32.1 Å². The summed E-state index contributed by atoms with van der Waals surface area (Å²) in [7, 11) is 0. The third kappa shape index (κ3) is 3.91. The van der Waals surface area contributed by atoms with Gasteiger partial charge in [-0.25, -0.2) is 4.98 Å². The number of likely N-dealkylation sites (tertiary alicyclic amines) is 1. The minimum absolute atomic E-state index is 0.0775. The second-order valence-corrected chi connectivity index (χ2v) is 7.86. The van der Waals surface area contributed by atoms with Gasteiger partial charge in [0.05, 0.1) is 11.8 Å². The molecule has 2 aromatic rings. The van der Waals surface area contributed by atoms with Gasteiger partial charge in [0.25, 0.3) is 5.22 Å². The second-order valence-electron chi connectivity index (χ2n) is 6.93. The number of ketones is 1. The molecule has 0 radical (unpaired) electrons. The smallest absolute Gasteiger partial charge is 0.257 e. The topological polar surface area (TPSA) is 58.4 Å². The van der Waals surface area contributed by atoms with Crippen molar-refractivity contribution in [1.82, 2.24) is 15.2 Å². The van der Waals surface area contributed by atoms with Gasteiger partial charge in [0.15, 0.2) is 11.4 Å². The number of para-hydroxylation sites is 2. The van der Waals surface area contributed by atoms with Gasteiger partial charge in [-0.1, -0.05) is 30.3 Å². The highest BCUT2D eigenvalue weighted by molar-refractivity contribution is 7.99. The number of oxazole rings is 1. The van der Waals surface area contributed by atoms with E-state index in [1.54, 1.807) is 0 Å². The Morgan fingerprint density at radius 2 is 2.08 bits per heavy atom. The van der Waals surface area contributed by atoms with Gasteiger partial charge in [0.2, 0.25) is 0 Å². The fourth-order valence-corrected chi connectivity index (χ4v) is 4.79. The van der Waals surface area contributed by atoms with E-state index >= 15 is 0 Å². The highest BCUT2D eigenvalue weighted by Gasteiger charge is 2.33. The van der Waals surface area contributed by atoms with E-state index in [4.69, 9.17) is 4.42 Å². The normalized spacial score (nSPS) is 23.1. The molecule has 1 aromatic heterocycles. The molecule has 2 saturated heterocycles. The van der Waals surface area contributed by atoms with E-state index in [0.717, 1.165) is 56.4 Å². The minimum Gasteiger partial charge on any atom is -0.431 e. The Kier molecular flexibility index (Phi) is 5.39. The summed E-state index contributed by atoms with van der Waals surface area (Å²) in [5.74, 6) is 0.768. The highest BCUT2D eigenvalue weighted by Crippen LogP contribution is 2.27. The molecule has 0 aliphatic carbocycles. The van der Waals surface area contributed by atoms with Gasteiger partial charge in [-0.2, -0.15) is 0 Å². The number of hydrogen-bond donors (Lipinski definition) is 1. The molecule has 5 nitrogen and oxygen atoms in total. The summed E-state index contributed by atoms with van der Waals surface area (Å²) in [6.07, 6.45) is 5.68. The lowest BCUT2D eigenvalue weighted by molar-refractivity contribution is -0.124. The molecule has 1 unspecified atom stereocenters. The lowest BCUT2D eigenvalue weighted by Crippen LogP contribution is -2.53. The van der Waals surface area contributed by atoms with Crippen LogP contribution in [-0.2, 0) is 4.79 Å². The summed E-state index contributed by atoms with van der Waals surface area (Å²) in [4.78, 5) is 19.8. The van der Waals surface area contributed by atoms with Gasteiger partial charge < -0.3 is 9.73 Å². The van der Waals surface area contributed by atoms with Crippen LogP contribution in [0.15, 0.2) is 33.9 Å². The maximum atomic E-state index is 12.9. The summed E-state index contributed by atoms with van der Waals surface area (Å²) < 4.78 is 5.73. The maximum absolute atomic E-state index is 12.9. The Hall–Kier alpha value is -1.37. The molecule has 134 valence electrons. The average Bonchev–Trinajstić information content (AvgIpc) is 3.10. The number of benzene rings is 1. The number of Topliss-reactive ketones (excluding diaryl/α,β-unsaturated/α-hetero) is 1. The molecule has 0 bridgehead atoms. The standard InChI is InChI=1S/C19H25N3O2S/c23-17(13-25-19-21-15-5-1-2-7-18(15)24-19)16-6-3-4-12-22(16)14-8-10-20-11-9-14/h1-2,5,7,14,16,20H,3-4,6,8-13H2. The lowest BCUT2D eigenvalue weighted by atomic mass is 9.94. The van der Waals surface area contributed by atoms with Gasteiger partial charge in [-0.15, -0.1) is 0 Å². The van der Waals surface area contributed by atoms with Crippen molar-refractivity contribution in [2.24, 2.45) is 0 Å². The maximum Gasteiger partial charge on any atom is 0.257 e. The van der Waals surface area contributed by atoms with Crippen molar-refractivity contribution >= 4 is 28.6 Å². The number of rotatable bonds is 5. The zero-order valence-corrected chi connectivity index (χ0v) is 15.3. The molecule has 0 amide bonds. The molecule has 2 aliphatic heterocycles. The Morgan fingerprint density at radius 3 is 2.92 bits per heavy atom. The Morgan fingerprint density at radius 1 is 1.24 bits per heavy atom. The number of nitrogens with one attached hydrogen (secondary N) is 1. The Labute approximate surface area is 152 Å². The Bertz CT molecular complexity index is 693. The van der Waals surface area contributed by atoms with Crippen molar-refractivity contribution in [3.63, 3.8) is 0 Å². The predicted octanol–water partition coefficient (Wildman–Crippen LogP) is 3.10. The fraction of sp³-hybridized carbons (Fsp3) is 0.579. The number of aromatic nitrogens is 1. The minimum atomic E-state index is 0.0775. The molecule has 6 heteroatoms. The van der Waals surface area contributed by atoms with Crippen LogP contribution in [0.4, 0.5) is 0 Å². The first-order valence-electron chi connectivity index (χ1n) is 9.29.